The molecule has 0 radical (unpaired) electrons. The van der Waals surface area contributed by atoms with Crippen molar-refractivity contribution in [3.8, 4) is 11.5 Å². The predicted molar refractivity (Wildman–Crippen MR) is 113 cm³/mol. The number of aryl methyl sites for hydroxylation is 1. The molecule has 0 bridgehead atoms. The molecule has 4 heteroatoms. The van der Waals surface area contributed by atoms with Gasteiger partial charge in [0.05, 0.1) is 13.2 Å². The Kier molecular flexibility index (Phi) is 10.8. The molecule has 0 aliphatic carbocycles. The Morgan fingerprint density at radius 1 is 1.11 bits per heavy atom. The van der Waals surface area contributed by atoms with E-state index in [0.29, 0.717) is 31.6 Å². The molecule has 0 saturated carbocycles. The van der Waals surface area contributed by atoms with E-state index >= 15 is 0 Å². The standard InChI is InChI=1S/C23H41NO3/c1-5-23(24,17-25)14-13-20-11-12-21(16-22(20)26)27-15-7-10-19(4)9-6-8-18(2)3/h11-12,16,18-19,25-26H,5-10,13-15,17,24H2,1-4H3. The van der Waals surface area contributed by atoms with Crippen LogP contribution in [0.25, 0.3) is 0 Å². The first-order valence-electron chi connectivity index (χ1n) is 10.6. The minimum Gasteiger partial charge on any atom is -0.508 e. The van der Waals surface area contributed by atoms with Crippen LogP contribution in [0.15, 0.2) is 18.2 Å². The van der Waals surface area contributed by atoms with Crippen molar-refractivity contribution in [2.24, 2.45) is 17.6 Å². The van der Waals surface area contributed by atoms with Crippen molar-refractivity contribution in [1.82, 2.24) is 0 Å². The summed E-state index contributed by atoms with van der Waals surface area (Å²) >= 11 is 0. The maximum atomic E-state index is 10.2. The van der Waals surface area contributed by atoms with Gasteiger partial charge in [-0.1, -0.05) is 53.0 Å². The first kappa shape index (κ1) is 23.8. The Morgan fingerprint density at radius 2 is 1.81 bits per heavy atom. The molecule has 156 valence electrons. The van der Waals surface area contributed by atoms with Gasteiger partial charge in [0.1, 0.15) is 11.5 Å². The number of hydrogen-bond donors (Lipinski definition) is 3. The lowest BCUT2D eigenvalue weighted by Gasteiger charge is -2.25. The Labute approximate surface area is 166 Å². The van der Waals surface area contributed by atoms with E-state index in [4.69, 9.17) is 10.5 Å². The van der Waals surface area contributed by atoms with Crippen molar-refractivity contribution >= 4 is 0 Å². The number of hydrogen-bond acceptors (Lipinski definition) is 4. The molecule has 0 amide bonds. The van der Waals surface area contributed by atoms with Crippen molar-refractivity contribution in [3.63, 3.8) is 0 Å². The van der Waals surface area contributed by atoms with Gasteiger partial charge in [0.25, 0.3) is 0 Å². The summed E-state index contributed by atoms with van der Waals surface area (Å²) in [5.74, 6) is 2.49. The summed E-state index contributed by atoms with van der Waals surface area (Å²) < 4.78 is 5.80. The number of benzene rings is 1. The molecule has 0 saturated heterocycles. The first-order chi connectivity index (χ1) is 12.8. The van der Waals surface area contributed by atoms with E-state index in [1.165, 1.54) is 25.7 Å². The average molecular weight is 380 g/mol. The first-order valence-corrected chi connectivity index (χ1v) is 10.6. The van der Waals surface area contributed by atoms with Gasteiger partial charge in [0, 0.05) is 11.6 Å². The highest BCUT2D eigenvalue weighted by Gasteiger charge is 2.21. The van der Waals surface area contributed by atoms with Gasteiger partial charge in [-0.25, -0.2) is 0 Å². The molecule has 4 nitrogen and oxygen atoms in total. The van der Waals surface area contributed by atoms with Crippen molar-refractivity contribution in [1.29, 1.82) is 0 Å². The zero-order chi connectivity index (χ0) is 20.3. The van der Waals surface area contributed by atoms with Gasteiger partial charge in [0.15, 0.2) is 0 Å². The molecule has 0 aromatic heterocycles. The Bertz CT molecular complexity index is 526. The molecule has 2 atom stereocenters. The zero-order valence-corrected chi connectivity index (χ0v) is 17.8. The summed E-state index contributed by atoms with van der Waals surface area (Å²) in [7, 11) is 0. The monoisotopic (exact) mass is 379 g/mol. The molecule has 1 aromatic carbocycles. The second-order valence-corrected chi connectivity index (χ2v) is 8.59. The fourth-order valence-electron chi connectivity index (χ4n) is 3.24. The third kappa shape index (κ3) is 9.48. The zero-order valence-electron chi connectivity index (χ0n) is 17.8. The van der Waals surface area contributed by atoms with Crippen LogP contribution in [-0.2, 0) is 6.42 Å². The van der Waals surface area contributed by atoms with Crippen LogP contribution in [0.4, 0.5) is 0 Å². The minimum absolute atomic E-state index is 0.0403. The highest BCUT2D eigenvalue weighted by atomic mass is 16.5. The summed E-state index contributed by atoms with van der Waals surface area (Å²) in [6.45, 7) is 9.49. The molecule has 0 fully saturated rings. The summed E-state index contributed by atoms with van der Waals surface area (Å²) in [4.78, 5) is 0. The molecule has 0 aliphatic rings. The average Bonchev–Trinajstić information content (AvgIpc) is 2.64. The van der Waals surface area contributed by atoms with Crippen LogP contribution in [0, 0.1) is 11.8 Å². The van der Waals surface area contributed by atoms with Crippen LogP contribution < -0.4 is 10.5 Å². The molecular weight excluding hydrogens is 338 g/mol. The molecule has 0 spiro atoms. The van der Waals surface area contributed by atoms with Crippen molar-refractivity contribution in [3.05, 3.63) is 23.8 Å². The summed E-state index contributed by atoms with van der Waals surface area (Å²) in [5.41, 5.74) is 6.39. The normalized spacial score (nSPS) is 14.9. The second kappa shape index (κ2) is 12.2. The summed E-state index contributed by atoms with van der Waals surface area (Å²) in [6, 6.07) is 5.49. The van der Waals surface area contributed by atoms with Crippen LogP contribution in [0.2, 0.25) is 0 Å². The Hall–Kier alpha value is -1.26. The topological polar surface area (TPSA) is 75.7 Å². The highest BCUT2D eigenvalue weighted by molar-refractivity contribution is 5.39. The minimum atomic E-state index is -0.576. The SMILES string of the molecule is CCC(N)(CO)CCc1ccc(OCCCC(C)CCCC(C)C)cc1O. The van der Waals surface area contributed by atoms with Gasteiger partial charge in [-0.15, -0.1) is 0 Å². The molecular formula is C23H41NO3. The molecule has 4 N–H and O–H groups in total. The maximum absolute atomic E-state index is 10.2. The fourth-order valence-corrected chi connectivity index (χ4v) is 3.24. The lowest BCUT2D eigenvalue weighted by molar-refractivity contribution is 0.182. The van der Waals surface area contributed by atoms with E-state index in [2.05, 4.69) is 20.8 Å². The largest absolute Gasteiger partial charge is 0.508 e. The number of phenolic OH excluding ortho intramolecular Hbond substituents is 1. The van der Waals surface area contributed by atoms with E-state index in [9.17, 15) is 10.2 Å². The van der Waals surface area contributed by atoms with Gasteiger partial charge < -0.3 is 20.7 Å². The van der Waals surface area contributed by atoms with E-state index in [-0.39, 0.29) is 12.4 Å². The summed E-state index contributed by atoms with van der Waals surface area (Å²) in [5, 5.41) is 19.6. The Morgan fingerprint density at radius 3 is 2.41 bits per heavy atom. The van der Waals surface area contributed by atoms with Crippen LogP contribution in [0.5, 0.6) is 11.5 Å². The number of aromatic hydroxyl groups is 1. The number of ether oxygens (including phenoxy) is 1. The molecule has 1 aromatic rings. The van der Waals surface area contributed by atoms with Crippen LogP contribution in [0.3, 0.4) is 0 Å². The smallest absolute Gasteiger partial charge is 0.122 e. The summed E-state index contributed by atoms with van der Waals surface area (Å²) in [6.07, 6.45) is 8.13. The van der Waals surface area contributed by atoms with Gasteiger partial charge in [-0.2, -0.15) is 0 Å². The predicted octanol–water partition coefficient (Wildman–Crippen LogP) is 5.05. The fraction of sp³-hybridized carbons (Fsp3) is 0.739. The number of phenols is 1. The second-order valence-electron chi connectivity index (χ2n) is 8.59. The van der Waals surface area contributed by atoms with Crippen LogP contribution >= 0.6 is 0 Å². The van der Waals surface area contributed by atoms with Gasteiger partial charge in [-0.05, 0) is 55.6 Å². The number of nitrogens with two attached hydrogens (primary N) is 1. The number of rotatable bonds is 14. The molecule has 2 unspecified atom stereocenters. The maximum Gasteiger partial charge on any atom is 0.122 e. The van der Waals surface area contributed by atoms with Gasteiger partial charge in [0.2, 0.25) is 0 Å². The van der Waals surface area contributed by atoms with Crippen LogP contribution in [-0.4, -0.2) is 29.0 Å². The number of aliphatic hydroxyl groups excluding tert-OH is 1. The van der Waals surface area contributed by atoms with E-state index < -0.39 is 5.54 Å². The van der Waals surface area contributed by atoms with Crippen LogP contribution in [0.1, 0.15) is 78.2 Å². The molecule has 1 rings (SSSR count). The van der Waals surface area contributed by atoms with Crippen molar-refractivity contribution < 1.29 is 14.9 Å². The van der Waals surface area contributed by atoms with E-state index in [1.54, 1.807) is 6.07 Å². The van der Waals surface area contributed by atoms with Crippen molar-refractivity contribution in [2.45, 2.75) is 84.6 Å². The lowest BCUT2D eigenvalue weighted by atomic mass is 9.90. The Balaban J connectivity index is 2.34. The molecule has 0 heterocycles. The van der Waals surface area contributed by atoms with E-state index in [0.717, 1.165) is 23.8 Å². The highest BCUT2D eigenvalue weighted by Crippen LogP contribution is 2.27. The third-order valence-electron chi connectivity index (χ3n) is 5.56. The number of aliphatic hydroxyl groups is 1. The quantitative estimate of drug-likeness (QED) is 0.396. The van der Waals surface area contributed by atoms with E-state index in [1.807, 2.05) is 19.1 Å². The lowest BCUT2D eigenvalue weighted by Crippen LogP contribution is -2.43. The third-order valence-corrected chi connectivity index (χ3v) is 5.56. The van der Waals surface area contributed by atoms with Gasteiger partial charge >= 0.3 is 0 Å². The van der Waals surface area contributed by atoms with Gasteiger partial charge in [-0.3, -0.25) is 0 Å². The molecule has 27 heavy (non-hydrogen) atoms. The molecule has 0 aliphatic heterocycles. The van der Waals surface area contributed by atoms with Crippen molar-refractivity contribution in [2.75, 3.05) is 13.2 Å².